The van der Waals surface area contributed by atoms with E-state index in [1.165, 1.54) is 7.11 Å². The largest absolute Gasteiger partial charge is 0.480 e. The average molecular weight is 573 g/mol. The van der Waals surface area contributed by atoms with E-state index in [9.17, 15) is 29.7 Å². The number of aliphatic hydroxyl groups is 3. The molecule has 2 heterocycles. The molecule has 0 spiro atoms. The van der Waals surface area contributed by atoms with Crippen LogP contribution in [-0.2, 0) is 52.3 Å². The van der Waals surface area contributed by atoms with Crippen LogP contribution in [0, 0.1) is 0 Å². The van der Waals surface area contributed by atoms with Crippen LogP contribution < -0.4 is 0 Å². The molecular formula is C22H36O17. The van der Waals surface area contributed by atoms with Gasteiger partial charge in [0.15, 0.2) is 12.6 Å². The highest BCUT2D eigenvalue weighted by Gasteiger charge is 2.50. The highest BCUT2D eigenvalue weighted by molar-refractivity contribution is 5.68. The molecule has 0 aromatic heterocycles. The fraction of sp³-hybridized carbons (Fsp3) is 0.864. The number of carboxylic acids is 3. The van der Waals surface area contributed by atoms with Gasteiger partial charge in [0.1, 0.15) is 68.7 Å². The summed E-state index contributed by atoms with van der Waals surface area (Å²) in [6.07, 6.45) is -14.7. The fourth-order valence-electron chi connectivity index (χ4n) is 4.03. The van der Waals surface area contributed by atoms with Crippen molar-refractivity contribution >= 4 is 17.9 Å². The van der Waals surface area contributed by atoms with Crippen LogP contribution in [0.4, 0.5) is 0 Å². The lowest BCUT2D eigenvalue weighted by atomic mass is 9.97. The van der Waals surface area contributed by atoms with Gasteiger partial charge in [-0.05, 0) is 13.8 Å². The number of rotatable bonds is 16. The summed E-state index contributed by atoms with van der Waals surface area (Å²) in [5, 5.41) is 59.0. The monoisotopic (exact) mass is 572 g/mol. The zero-order chi connectivity index (χ0) is 29.3. The van der Waals surface area contributed by atoms with Gasteiger partial charge in [-0.3, -0.25) is 0 Å². The van der Waals surface area contributed by atoms with Gasteiger partial charge >= 0.3 is 17.9 Å². The molecule has 0 aliphatic carbocycles. The average Bonchev–Trinajstić information content (AvgIpc) is 2.84. The van der Waals surface area contributed by atoms with Gasteiger partial charge in [-0.25, -0.2) is 14.4 Å². The normalized spacial score (nSPS) is 35.2. The second-order valence-corrected chi connectivity index (χ2v) is 9.04. The zero-order valence-electron chi connectivity index (χ0n) is 21.6. The predicted molar refractivity (Wildman–Crippen MR) is 122 cm³/mol. The van der Waals surface area contributed by atoms with E-state index in [4.69, 9.17) is 53.2 Å². The fourth-order valence-corrected chi connectivity index (χ4v) is 4.03. The van der Waals surface area contributed by atoms with E-state index in [-0.39, 0.29) is 6.61 Å². The highest BCUT2D eigenvalue weighted by Crippen LogP contribution is 2.30. The van der Waals surface area contributed by atoms with Gasteiger partial charge in [-0.2, -0.15) is 0 Å². The molecule has 10 atom stereocenters. The second-order valence-electron chi connectivity index (χ2n) is 9.04. The Hall–Kier alpha value is -2.03. The lowest BCUT2D eigenvalue weighted by molar-refractivity contribution is -0.342. The van der Waals surface area contributed by atoms with Gasteiger partial charge in [0, 0.05) is 7.11 Å². The number of ether oxygens (including phenoxy) is 8. The van der Waals surface area contributed by atoms with Gasteiger partial charge < -0.3 is 68.5 Å². The smallest absolute Gasteiger partial charge is 0.329 e. The van der Waals surface area contributed by atoms with Crippen LogP contribution in [0.2, 0.25) is 0 Å². The molecule has 0 radical (unpaired) electrons. The number of aliphatic hydroxyl groups excluding tert-OH is 3. The summed E-state index contributed by atoms with van der Waals surface area (Å²) in [6.45, 7) is 0.0448. The Bertz CT molecular complexity index is 793. The SMILES string of the molecule is COC[C@H]1O[C@H](OC[C@H]2O[C@H](OC(C)C)[C@H](O)[C@@H](OCC(=O)O)[C@@H]2OCC(=O)O)[C@H](O)[C@@H](OCC(=O)O)[C@@H]1O. The molecular weight excluding hydrogens is 536 g/mol. The van der Waals surface area contributed by atoms with E-state index in [0.717, 1.165) is 0 Å². The minimum atomic E-state index is -1.69. The van der Waals surface area contributed by atoms with E-state index in [1.54, 1.807) is 13.8 Å². The van der Waals surface area contributed by atoms with E-state index in [0.29, 0.717) is 0 Å². The minimum absolute atomic E-state index is 0.174. The third kappa shape index (κ3) is 9.83. The summed E-state index contributed by atoms with van der Waals surface area (Å²) in [5.41, 5.74) is 0. The van der Waals surface area contributed by atoms with Crippen LogP contribution in [-0.4, -0.2) is 156 Å². The lowest BCUT2D eigenvalue weighted by Crippen LogP contribution is -2.63. The Morgan fingerprint density at radius 2 is 1.15 bits per heavy atom. The summed E-state index contributed by atoms with van der Waals surface area (Å²) in [4.78, 5) is 33.2. The van der Waals surface area contributed by atoms with Crippen LogP contribution in [0.15, 0.2) is 0 Å². The molecule has 226 valence electrons. The molecule has 0 aromatic rings. The highest BCUT2D eigenvalue weighted by atomic mass is 16.7. The third-order valence-electron chi connectivity index (χ3n) is 5.62. The van der Waals surface area contributed by atoms with Gasteiger partial charge in [-0.1, -0.05) is 0 Å². The first kappa shape index (κ1) is 33.2. The van der Waals surface area contributed by atoms with Crippen molar-refractivity contribution in [3.8, 4) is 0 Å². The molecule has 0 amide bonds. The van der Waals surface area contributed by atoms with Gasteiger partial charge in [0.25, 0.3) is 0 Å². The Labute approximate surface area is 223 Å². The first-order valence-corrected chi connectivity index (χ1v) is 12.0. The summed E-state index contributed by atoms with van der Waals surface area (Å²) in [5.74, 6) is -4.09. The summed E-state index contributed by atoms with van der Waals surface area (Å²) < 4.78 is 43.4. The van der Waals surface area contributed by atoms with Crippen molar-refractivity contribution in [2.24, 2.45) is 0 Å². The third-order valence-corrected chi connectivity index (χ3v) is 5.62. The van der Waals surface area contributed by atoms with Crippen LogP contribution in [0.3, 0.4) is 0 Å². The van der Waals surface area contributed by atoms with Gasteiger partial charge in [-0.15, -0.1) is 0 Å². The number of hydrogen-bond acceptors (Lipinski definition) is 14. The number of aliphatic carboxylic acids is 3. The number of methoxy groups -OCH3 is 1. The first-order valence-electron chi connectivity index (χ1n) is 12.0. The Balaban J connectivity index is 2.27. The first-order chi connectivity index (χ1) is 18.3. The Kier molecular flexibility index (Phi) is 13.3. The molecule has 0 saturated carbocycles. The summed E-state index contributed by atoms with van der Waals surface area (Å²) >= 11 is 0. The molecule has 2 saturated heterocycles. The molecule has 2 aliphatic rings. The van der Waals surface area contributed by atoms with Crippen LogP contribution in [0.5, 0.6) is 0 Å². The second kappa shape index (κ2) is 15.7. The molecule has 0 unspecified atom stereocenters. The molecule has 2 rings (SSSR count). The topological polar surface area (TPSA) is 246 Å². The standard InChI is InChI=1S/C22H36O17/c1-9(2)37-22-17(31)20(35-8-14(27)28)18(33-6-12(23)24)11(39-22)5-36-21-16(30)19(34-7-13(25)26)15(29)10(38-21)4-32-3/h9-11,15-22,29-31H,4-8H2,1-3H3,(H,23,24)(H,25,26)(H,27,28)/t10-,11-,15-,16-,17-,18-,19+,20-,21+,22+/m1/s1. The number of carboxylic acid groups (broad SMARTS) is 3. The van der Waals surface area contributed by atoms with Crippen molar-refractivity contribution in [1.29, 1.82) is 0 Å². The van der Waals surface area contributed by atoms with Crippen molar-refractivity contribution in [2.75, 3.05) is 40.1 Å². The van der Waals surface area contributed by atoms with Crippen molar-refractivity contribution in [1.82, 2.24) is 0 Å². The van der Waals surface area contributed by atoms with Crippen LogP contribution in [0.1, 0.15) is 13.8 Å². The van der Waals surface area contributed by atoms with E-state index < -0.39 is 112 Å². The van der Waals surface area contributed by atoms with Crippen molar-refractivity contribution in [3.05, 3.63) is 0 Å². The van der Waals surface area contributed by atoms with Gasteiger partial charge in [0.2, 0.25) is 0 Å². The van der Waals surface area contributed by atoms with Crippen molar-refractivity contribution in [3.63, 3.8) is 0 Å². The van der Waals surface area contributed by atoms with Crippen LogP contribution in [0.25, 0.3) is 0 Å². The maximum Gasteiger partial charge on any atom is 0.329 e. The zero-order valence-corrected chi connectivity index (χ0v) is 21.6. The Morgan fingerprint density at radius 3 is 1.67 bits per heavy atom. The maximum absolute atomic E-state index is 11.2. The minimum Gasteiger partial charge on any atom is -0.480 e. The molecule has 0 aromatic carbocycles. The number of hydrogen-bond donors (Lipinski definition) is 6. The molecule has 17 nitrogen and oxygen atoms in total. The molecule has 6 N–H and O–H groups in total. The Morgan fingerprint density at radius 1 is 0.667 bits per heavy atom. The van der Waals surface area contributed by atoms with E-state index in [2.05, 4.69) is 0 Å². The predicted octanol–water partition coefficient (Wildman–Crippen LogP) is -2.98. The van der Waals surface area contributed by atoms with Gasteiger partial charge in [0.05, 0.1) is 19.3 Å². The van der Waals surface area contributed by atoms with E-state index >= 15 is 0 Å². The quantitative estimate of drug-likeness (QED) is 0.108. The number of carbonyl (C=O) groups is 3. The lowest BCUT2D eigenvalue weighted by Gasteiger charge is -2.45. The van der Waals surface area contributed by atoms with Crippen LogP contribution >= 0.6 is 0 Å². The van der Waals surface area contributed by atoms with E-state index in [1.807, 2.05) is 0 Å². The van der Waals surface area contributed by atoms with Crippen molar-refractivity contribution < 1.29 is 82.9 Å². The molecule has 39 heavy (non-hydrogen) atoms. The molecule has 2 fully saturated rings. The van der Waals surface area contributed by atoms with Crippen molar-refractivity contribution in [2.45, 2.75) is 81.4 Å². The maximum atomic E-state index is 11.2. The summed E-state index contributed by atoms with van der Waals surface area (Å²) in [7, 11) is 1.32. The molecule has 0 bridgehead atoms. The summed E-state index contributed by atoms with van der Waals surface area (Å²) in [6, 6.07) is 0. The molecule has 17 heteroatoms. The molecule has 2 aliphatic heterocycles.